The zero-order valence-electron chi connectivity index (χ0n) is 9.38. The van der Waals surface area contributed by atoms with Crippen LogP contribution in [0.3, 0.4) is 0 Å². The minimum atomic E-state index is -0.679. The van der Waals surface area contributed by atoms with E-state index < -0.39 is 11.6 Å². The van der Waals surface area contributed by atoms with E-state index in [4.69, 9.17) is 5.73 Å². The summed E-state index contributed by atoms with van der Waals surface area (Å²) in [4.78, 5) is 4.03. The zero-order chi connectivity index (χ0) is 13.3. The number of aryl methyl sites for hydroxylation is 1. The molecule has 0 radical (unpaired) electrons. The summed E-state index contributed by atoms with van der Waals surface area (Å²) in [5.41, 5.74) is 6.26. The molecule has 2 N–H and O–H groups in total. The van der Waals surface area contributed by atoms with Crippen molar-refractivity contribution in [3.8, 4) is 0 Å². The van der Waals surface area contributed by atoms with Crippen molar-refractivity contribution in [1.82, 2.24) is 4.98 Å². The van der Waals surface area contributed by atoms with E-state index in [1.54, 1.807) is 6.20 Å². The first kappa shape index (κ1) is 13.3. The number of nitrogens with two attached hydrogens (primary N) is 1. The number of rotatable bonds is 2. The van der Waals surface area contributed by atoms with Crippen LogP contribution in [0.15, 0.2) is 38.8 Å². The summed E-state index contributed by atoms with van der Waals surface area (Å²) in [6.45, 7) is 1.83. The fourth-order valence-corrected chi connectivity index (χ4v) is 2.69. The van der Waals surface area contributed by atoms with E-state index in [0.717, 1.165) is 33.9 Å². The molecular weight excluding hydrogens is 322 g/mol. The van der Waals surface area contributed by atoms with E-state index in [-0.39, 0.29) is 10.6 Å². The van der Waals surface area contributed by atoms with Gasteiger partial charge in [-0.05, 0) is 46.6 Å². The largest absolute Gasteiger partial charge is 0.399 e. The van der Waals surface area contributed by atoms with Crippen LogP contribution < -0.4 is 5.73 Å². The van der Waals surface area contributed by atoms with Crippen LogP contribution in [-0.4, -0.2) is 4.98 Å². The van der Waals surface area contributed by atoms with E-state index in [2.05, 4.69) is 20.9 Å². The zero-order valence-corrected chi connectivity index (χ0v) is 11.8. The highest BCUT2D eigenvalue weighted by Crippen LogP contribution is 2.34. The third-order valence-corrected chi connectivity index (χ3v) is 3.86. The summed E-state index contributed by atoms with van der Waals surface area (Å²) in [6.07, 6.45) is 1.59. The molecule has 0 atom stereocenters. The molecule has 1 heterocycles. The monoisotopic (exact) mass is 330 g/mol. The third kappa shape index (κ3) is 2.81. The van der Waals surface area contributed by atoms with Crippen molar-refractivity contribution in [3.63, 3.8) is 0 Å². The Morgan fingerprint density at radius 3 is 2.39 bits per heavy atom. The summed E-state index contributed by atoms with van der Waals surface area (Å²) in [7, 11) is 0. The van der Waals surface area contributed by atoms with Gasteiger partial charge < -0.3 is 5.73 Å². The maximum atomic E-state index is 13.6. The Kier molecular flexibility index (Phi) is 3.87. The van der Waals surface area contributed by atoms with Gasteiger partial charge in [0, 0.05) is 16.4 Å². The van der Waals surface area contributed by atoms with Crippen LogP contribution in [0.25, 0.3) is 0 Å². The van der Waals surface area contributed by atoms with E-state index in [9.17, 15) is 8.78 Å². The molecule has 0 amide bonds. The number of benzene rings is 1. The fourth-order valence-electron chi connectivity index (χ4n) is 1.41. The highest BCUT2D eigenvalue weighted by atomic mass is 79.9. The van der Waals surface area contributed by atoms with Gasteiger partial charge in [0.1, 0.15) is 16.7 Å². The third-order valence-electron chi connectivity index (χ3n) is 2.22. The summed E-state index contributed by atoms with van der Waals surface area (Å²) in [6, 6.07) is 4.03. The first-order valence-electron chi connectivity index (χ1n) is 5.02. The molecule has 0 aliphatic heterocycles. The molecule has 2 aromatic rings. The fraction of sp³-hybridized carbons (Fsp3) is 0.0833. The number of hydrogen-bond donors (Lipinski definition) is 1. The van der Waals surface area contributed by atoms with Crippen LogP contribution in [-0.2, 0) is 0 Å². The summed E-state index contributed by atoms with van der Waals surface area (Å²) < 4.78 is 28.1. The van der Waals surface area contributed by atoms with Crippen molar-refractivity contribution in [3.05, 3.63) is 46.1 Å². The molecule has 0 aliphatic carbocycles. The molecule has 0 unspecified atom stereocenters. The van der Waals surface area contributed by atoms with Crippen molar-refractivity contribution < 1.29 is 8.78 Å². The number of anilines is 1. The first-order chi connectivity index (χ1) is 8.47. The topological polar surface area (TPSA) is 38.9 Å². The summed E-state index contributed by atoms with van der Waals surface area (Å²) in [5.74, 6) is -1.36. The molecule has 0 bridgehead atoms. The van der Waals surface area contributed by atoms with Crippen LogP contribution in [0.1, 0.15) is 5.56 Å². The Hall–Kier alpha value is -1.14. The quantitative estimate of drug-likeness (QED) is 0.840. The second-order valence-electron chi connectivity index (χ2n) is 3.69. The Morgan fingerprint density at radius 2 is 1.83 bits per heavy atom. The van der Waals surface area contributed by atoms with Gasteiger partial charge in [0.25, 0.3) is 0 Å². The standard InChI is InChI=1S/C12H9BrF2N2S/c1-6-2-7(13)5-17-12(6)18-11-9(14)3-8(16)4-10(11)15/h2-5H,16H2,1H3. The minimum absolute atomic E-state index is 0.0647. The van der Waals surface area contributed by atoms with Gasteiger partial charge in [0.2, 0.25) is 0 Å². The van der Waals surface area contributed by atoms with Crippen LogP contribution in [0.5, 0.6) is 0 Å². The average Bonchev–Trinajstić information content (AvgIpc) is 2.25. The number of aromatic nitrogens is 1. The number of nitrogens with zero attached hydrogens (tertiary/aromatic N) is 1. The molecule has 94 valence electrons. The molecule has 2 rings (SSSR count). The van der Waals surface area contributed by atoms with Gasteiger partial charge >= 0.3 is 0 Å². The number of nitrogen functional groups attached to an aromatic ring is 1. The summed E-state index contributed by atoms with van der Waals surface area (Å²) in [5, 5.41) is 0.556. The van der Waals surface area contributed by atoms with Crippen molar-refractivity contribution in [1.29, 1.82) is 0 Å². The molecule has 6 heteroatoms. The van der Waals surface area contributed by atoms with Gasteiger partial charge in [-0.15, -0.1) is 0 Å². The summed E-state index contributed by atoms with van der Waals surface area (Å²) >= 11 is 4.23. The minimum Gasteiger partial charge on any atom is -0.399 e. The molecule has 0 saturated heterocycles. The lowest BCUT2D eigenvalue weighted by molar-refractivity contribution is 0.541. The van der Waals surface area contributed by atoms with E-state index in [0.29, 0.717) is 5.03 Å². The van der Waals surface area contributed by atoms with E-state index >= 15 is 0 Å². The van der Waals surface area contributed by atoms with Crippen LogP contribution in [0, 0.1) is 18.6 Å². The van der Waals surface area contributed by atoms with Gasteiger partial charge in [-0.3, -0.25) is 0 Å². The Labute approximate surface area is 116 Å². The Balaban J connectivity index is 2.40. The smallest absolute Gasteiger partial charge is 0.142 e. The molecule has 18 heavy (non-hydrogen) atoms. The molecule has 0 saturated carbocycles. The van der Waals surface area contributed by atoms with Gasteiger partial charge in [0.05, 0.1) is 4.90 Å². The number of halogens is 3. The molecule has 1 aromatic heterocycles. The molecule has 1 aromatic carbocycles. The molecule has 2 nitrogen and oxygen atoms in total. The molecule has 0 spiro atoms. The number of pyridine rings is 1. The van der Waals surface area contributed by atoms with Gasteiger partial charge in [-0.2, -0.15) is 0 Å². The maximum absolute atomic E-state index is 13.6. The second-order valence-corrected chi connectivity index (χ2v) is 5.61. The lowest BCUT2D eigenvalue weighted by Gasteiger charge is -2.07. The van der Waals surface area contributed by atoms with Gasteiger partial charge in [-0.1, -0.05) is 11.8 Å². The average molecular weight is 331 g/mol. The van der Waals surface area contributed by atoms with E-state index in [1.807, 2.05) is 13.0 Å². The van der Waals surface area contributed by atoms with Crippen molar-refractivity contribution in [2.45, 2.75) is 16.8 Å². The van der Waals surface area contributed by atoms with E-state index in [1.165, 1.54) is 0 Å². The maximum Gasteiger partial charge on any atom is 0.142 e. The molecule has 0 aliphatic rings. The SMILES string of the molecule is Cc1cc(Br)cnc1Sc1c(F)cc(N)cc1F. The normalized spacial score (nSPS) is 10.7. The number of hydrogen-bond acceptors (Lipinski definition) is 3. The first-order valence-corrected chi connectivity index (χ1v) is 6.63. The van der Waals surface area contributed by atoms with Crippen molar-refractivity contribution >= 4 is 33.4 Å². The van der Waals surface area contributed by atoms with Crippen LogP contribution in [0.2, 0.25) is 0 Å². The van der Waals surface area contributed by atoms with Crippen molar-refractivity contribution in [2.24, 2.45) is 0 Å². The van der Waals surface area contributed by atoms with Crippen molar-refractivity contribution in [2.75, 3.05) is 5.73 Å². The predicted molar refractivity (Wildman–Crippen MR) is 71.6 cm³/mol. The Morgan fingerprint density at radius 1 is 1.22 bits per heavy atom. The molecule has 0 fully saturated rings. The predicted octanol–water partition coefficient (Wildman–Crippen LogP) is 4.16. The molecular formula is C12H9BrF2N2S. The Bertz CT molecular complexity index is 582. The highest BCUT2D eigenvalue weighted by Gasteiger charge is 2.14. The lowest BCUT2D eigenvalue weighted by Crippen LogP contribution is -1.94. The van der Waals surface area contributed by atoms with Crippen LogP contribution >= 0.6 is 27.7 Å². The van der Waals surface area contributed by atoms with Gasteiger partial charge in [0.15, 0.2) is 0 Å². The second kappa shape index (κ2) is 5.24. The van der Waals surface area contributed by atoms with Gasteiger partial charge in [-0.25, -0.2) is 13.8 Å². The lowest BCUT2D eigenvalue weighted by atomic mass is 10.3. The van der Waals surface area contributed by atoms with Crippen LogP contribution in [0.4, 0.5) is 14.5 Å². The highest BCUT2D eigenvalue weighted by molar-refractivity contribution is 9.10.